The quantitative estimate of drug-likeness (QED) is 0.417. The molecule has 1 heterocycles. The summed E-state index contributed by atoms with van der Waals surface area (Å²) in [5.41, 5.74) is 0.561. The van der Waals surface area contributed by atoms with Crippen molar-refractivity contribution >= 4 is 0 Å². The lowest BCUT2D eigenvalue weighted by Crippen LogP contribution is -2.32. The van der Waals surface area contributed by atoms with Crippen molar-refractivity contribution in [3.8, 4) is 0 Å². The summed E-state index contributed by atoms with van der Waals surface area (Å²) in [7, 11) is 2.36. The molecule has 10 heavy (non-hydrogen) atoms. The fraction of sp³-hybridized carbons (Fsp3) is 1.00. The van der Waals surface area contributed by atoms with Crippen LogP contribution in [-0.4, -0.2) is 31.2 Å². The molecule has 1 rings (SSSR count). The second-order valence-electron chi connectivity index (χ2n) is 4.74. The Hall–Kier alpha value is -0.0400. The molecule has 0 unspecified atom stereocenters. The molecule has 1 fully saturated rings. The van der Waals surface area contributed by atoms with Crippen LogP contribution in [0.5, 0.6) is 0 Å². The normalized spacial score (nSPS) is 22.8. The molecule has 0 aromatic rings. The van der Waals surface area contributed by atoms with Crippen molar-refractivity contribution in [1.29, 1.82) is 0 Å². The van der Waals surface area contributed by atoms with Crippen molar-refractivity contribution in [3.05, 3.63) is 0 Å². The topological polar surface area (TPSA) is 0 Å². The van der Waals surface area contributed by atoms with E-state index in [1.165, 1.54) is 30.5 Å². The SMILES string of the molecule is CCC(C)(C)C[N+]1(C)CC1. The molecule has 0 bridgehead atoms. The Bertz CT molecular complexity index is 123. The van der Waals surface area contributed by atoms with Crippen LogP contribution in [0, 0.1) is 5.41 Å². The van der Waals surface area contributed by atoms with Gasteiger partial charge in [0.25, 0.3) is 0 Å². The Labute approximate surface area is 64.6 Å². The van der Waals surface area contributed by atoms with E-state index in [9.17, 15) is 0 Å². The molecule has 1 saturated heterocycles. The van der Waals surface area contributed by atoms with Crippen molar-refractivity contribution in [2.45, 2.75) is 27.2 Å². The van der Waals surface area contributed by atoms with Gasteiger partial charge in [0.15, 0.2) is 0 Å². The average molecular weight is 142 g/mol. The maximum atomic E-state index is 2.37. The Morgan fingerprint density at radius 3 is 2.10 bits per heavy atom. The zero-order valence-electron chi connectivity index (χ0n) is 7.78. The predicted octanol–water partition coefficient (Wildman–Crippen LogP) is 1.88. The second-order valence-corrected chi connectivity index (χ2v) is 4.74. The summed E-state index contributed by atoms with van der Waals surface area (Å²) in [6, 6.07) is 0. The van der Waals surface area contributed by atoms with E-state index < -0.39 is 0 Å². The number of nitrogens with zero attached hydrogens (tertiary/aromatic N) is 1. The highest BCUT2D eigenvalue weighted by Crippen LogP contribution is 2.29. The Morgan fingerprint density at radius 1 is 1.30 bits per heavy atom. The molecule has 60 valence electrons. The fourth-order valence-electron chi connectivity index (χ4n) is 1.47. The van der Waals surface area contributed by atoms with E-state index in [0.717, 1.165) is 0 Å². The summed E-state index contributed by atoms with van der Waals surface area (Å²) < 4.78 is 1.32. The van der Waals surface area contributed by atoms with Crippen LogP contribution >= 0.6 is 0 Å². The summed E-state index contributed by atoms with van der Waals surface area (Å²) >= 11 is 0. The van der Waals surface area contributed by atoms with E-state index in [2.05, 4.69) is 27.8 Å². The Balaban J connectivity index is 2.36. The standard InChI is InChI=1S/C9H20N/c1-5-9(2,3)8-10(4)6-7-10/h5-8H2,1-4H3/q+1. The third kappa shape index (κ3) is 1.98. The lowest BCUT2D eigenvalue weighted by atomic mass is 9.90. The number of rotatable bonds is 3. The minimum Gasteiger partial charge on any atom is -0.316 e. The van der Waals surface area contributed by atoms with Crippen molar-refractivity contribution in [3.63, 3.8) is 0 Å². The van der Waals surface area contributed by atoms with Gasteiger partial charge >= 0.3 is 0 Å². The van der Waals surface area contributed by atoms with Gasteiger partial charge in [-0.2, -0.15) is 0 Å². The maximum Gasteiger partial charge on any atom is 0.128 e. The van der Waals surface area contributed by atoms with Gasteiger partial charge in [0, 0.05) is 5.41 Å². The maximum absolute atomic E-state index is 2.37. The third-order valence-corrected chi connectivity index (χ3v) is 2.75. The van der Waals surface area contributed by atoms with Crippen molar-refractivity contribution in [2.24, 2.45) is 5.41 Å². The average Bonchev–Trinajstić information content (AvgIpc) is 2.47. The molecule has 1 nitrogen and oxygen atoms in total. The summed E-state index contributed by atoms with van der Waals surface area (Å²) in [5, 5.41) is 0. The number of hydrogen-bond acceptors (Lipinski definition) is 0. The predicted molar refractivity (Wildman–Crippen MR) is 44.9 cm³/mol. The lowest BCUT2D eigenvalue weighted by Gasteiger charge is -2.26. The number of likely N-dealkylation sites (N-methyl/N-ethyl adjacent to an activating group) is 1. The van der Waals surface area contributed by atoms with Gasteiger partial charge in [0.05, 0.1) is 13.6 Å². The molecule has 0 N–H and O–H groups in total. The first-order valence-corrected chi connectivity index (χ1v) is 4.31. The molecule has 1 heteroatoms. The molecule has 0 aromatic carbocycles. The smallest absolute Gasteiger partial charge is 0.128 e. The summed E-state index contributed by atoms with van der Waals surface area (Å²) in [5.74, 6) is 0. The molecule has 0 saturated carbocycles. The van der Waals surface area contributed by atoms with Crippen LogP contribution in [0.3, 0.4) is 0 Å². The van der Waals surface area contributed by atoms with Crippen LogP contribution in [0.15, 0.2) is 0 Å². The van der Waals surface area contributed by atoms with Gasteiger partial charge in [0.1, 0.15) is 13.1 Å². The van der Waals surface area contributed by atoms with Gasteiger partial charge in [-0.05, 0) is 6.42 Å². The highest BCUT2D eigenvalue weighted by molar-refractivity contribution is 4.68. The zero-order chi connectivity index (χ0) is 7.83. The van der Waals surface area contributed by atoms with Crippen LogP contribution < -0.4 is 0 Å². The van der Waals surface area contributed by atoms with Crippen molar-refractivity contribution in [2.75, 3.05) is 26.7 Å². The largest absolute Gasteiger partial charge is 0.316 e. The molecule has 1 aliphatic rings. The first kappa shape index (κ1) is 8.06. The minimum absolute atomic E-state index is 0.561. The molecule has 0 aromatic heterocycles. The van der Waals surface area contributed by atoms with E-state index >= 15 is 0 Å². The Morgan fingerprint density at radius 2 is 1.80 bits per heavy atom. The van der Waals surface area contributed by atoms with Crippen LogP contribution in [-0.2, 0) is 0 Å². The monoisotopic (exact) mass is 142 g/mol. The highest BCUT2D eigenvalue weighted by atomic mass is 15.4. The first-order valence-electron chi connectivity index (χ1n) is 4.31. The van der Waals surface area contributed by atoms with Gasteiger partial charge in [0.2, 0.25) is 0 Å². The fourth-order valence-corrected chi connectivity index (χ4v) is 1.47. The first-order chi connectivity index (χ1) is 4.47. The zero-order valence-corrected chi connectivity index (χ0v) is 7.78. The second kappa shape index (κ2) is 2.23. The minimum atomic E-state index is 0.561. The number of hydrogen-bond donors (Lipinski definition) is 0. The van der Waals surface area contributed by atoms with Gasteiger partial charge in [-0.25, -0.2) is 0 Å². The molecule has 0 spiro atoms. The van der Waals surface area contributed by atoms with E-state index in [4.69, 9.17) is 0 Å². The van der Waals surface area contributed by atoms with E-state index in [1.807, 2.05) is 0 Å². The Kier molecular flexibility index (Phi) is 1.80. The summed E-state index contributed by atoms with van der Waals surface area (Å²) in [4.78, 5) is 0. The van der Waals surface area contributed by atoms with Gasteiger partial charge < -0.3 is 4.48 Å². The van der Waals surface area contributed by atoms with Gasteiger partial charge in [-0.1, -0.05) is 20.8 Å². The highest BCUT2D eigenvalue weighted by Gasteiger charge is 2.41. The van der Waals surface area contributed by atoms with E-state index in [-0.39, 0.29) is 0 Å². The van der Waals surface area contributed by atoms with E-state index in [1.54, 1.807) is 0 Å². The van der Waals surface area contributed by atoms with Crippen LogP contribution in [0.4, 0.5) is 0 Å². The molecular formula is C9H20N+. The van der Waals surface area contributed by atoms with Crippen LogP contribution in [0.25, 0.3) is 0 Å². The van der Waals surface area contributed by atoms with E-state index in [0.29, 0.717) is 5.41 Å². The third-order valence-electron chi connectivity index (χ3n) is 2.75. The van der Waals surface area contributed by atoms with Gasteiger partial charge in [-0.3, -0.25) is 0 Å². The molecular weight excluding hydrogens is 122 g/mol. The molecule has 0 aliphatic carbocycles. The number of quaternary nitrogens is 1. The van der Waals surface area contributed by atoms with Gasteiger partial charge in [-0.15, -0.1) is 0 Å². The lowest BCUT2D eigenvalue weighted by molar-refractivity contribution is -0.785. The molecule has 0 amide bonds. The molecule has 0 atom stereocenters. The van der Waals surface area contributed by atoms with Crippen LogP contribution in [0.1, 0.15) is 27.2 Å². The van der Waals surface area contributed by atoms with Crippen LogP contribution in [0.2, 0.25) is 0 Å². The molecule has 0 radical (unpaired) electrons. The summed E-state index contributed by atoms with van der Waals surface area (Å²) in [6.45, 7) is 11.2. The van der Waals surface area contributed by atoms with Crippen molar-refractivity contribution < 1.29 is 4.48 Å². The molecule has 1 aliphatic heterocycles. The van der Waals surface area contributed by atoms with Crippen molar-refractivity contribution in [1.82, 2.24) is 0 Å². The summed E-state index contributed by atoms with van der Waals surface area (Å²) in [6.07, 6.45) is 1.31.